The zero-order valence-electron chi connectivity index (χ0n) is 11.6. The molecule has 0 saturated heterocycles. The molecule has 2 atom stereocenters. The molecule has 0 amide bonds. The van der Waals surface area contributed by atoms with Gasteiger partial charge >= 0.3 is 0 Å². The fourth-order valence-electron chi connectivity index (χ4n) is 2.53. The van der Waals surface area contributed by atoms with E-state index < -0.39 is 0 Å². The minimum absolute atomic E-state index is 0.363. The minimum atomic E-state index is 0.363. The molecule has 0 saturated carbocycles. The highest BCUT2D eigenvalue weighted by Gasteiger charge is 2.21. The Morgan fingerprint density at radius 3 is 2.53 bits per heavy atom. The molecule has 0 radical (unpaired) electrons. The van der Waals surface area contributed by atoms with Crippen LogP contribution in [-0.4, -0.2) is 24.5 Å². The molecular formula is C16H22N2S. The zero-order chi connectivity index (χ0) is 13.7. The summed E-state index contributed by atoms with van der Waals surface area (Å²) in [5.74, 6) is 0.440. The molecule has 0 fully saturated rings. The van der Waals surface area contributed by atoms with Gasteiger partial charge < -0.3 is 5.73 Å². The van der Waals surface area contributed by atoms with Crippen molar-refractivity contribution in [3.8, 4) is 0 Å². The molecule has 2 N–H and O–H groups in total. The summed E-state index contributed by atoms with van der Waals surface area (Å²) in [7, 11) is 2.16. The van der Waals surface area contributed by atoms with Crippen molar-refractivity contribution in [3.05, 3.63) is 58.3 Å². The van der Waals surface area contributed by atoms with Crippen molar-refractivity contribution in [2.75, 3.05) is 13.6 Å². The summed E-state index contributed by atoms with van der Waals surface area (Å²) in [5, 5.41) is 4.33. The van der Waals surface area contributed by atoms with Crippen LogP contribution in [0.15, 0.2) is 47.2 Å². The number of nitrogens with two attached hydrogens (primary N) is 1. The van der Waals surface area contributed by atoms with E-state index >= 15 is 0 Å². The lowest BCUT2D eigenvalue weighted by molar-refractivity contribution is 0.213. The number of hydrogen-bond donors (Lipinski definition) is 1. The molecule has 2 unspecified atom stereocenters. The normalized spacial score (nSPS) is 14.5. The molecule has 1 aromatic carbocycles. The van der Waals surface area contributed by atoms with Crippen LogP contribution in [0.4, 0.5) is 0 Å². The maximum atomic E-state index is 6.00. The van der Waals surface area contributed by atoms with E-state index in [4.69, 9.17) is 5.73 Å². The number of benzene rings is 1. The molecule has 2 nitrogen and oxygen atoms in total. The Labute approximate surface area is 119 Å². The Hall–Kier alpha value is -1.16. The maximum Gasteiger partial charge on any atom is 0.0284 e. The highest BCUT2D eigenvalue weighted by Crippen LogP contribution is 2.23. The van der Waals surface area contributed by atoms with Crippen LogP contribution in [0.3, 0.4) is 0 Å². The molecule has 0 aliphatic rings. The van der Waals surface area contributed by atoms with Crippen LogP contribution in [0, 0.1) is 0 Å². The fourth-order valence-corrected chi connectivity index (χ4v) is 3.19. The second-order valence-electron chi connectivity index (χ2n) is 5.05. The van der Waals surface area contributed by atoms with Gasteiger partial charge in [-0.2, -0.15) is 11.3 Å². The van der Waals surface area contributed by atoms with E-state index in [-0.39, 0.29) is 0 Å². The van der Waals surface area contributed by atoms with Gasteiger partial charge in [0, 0.05) is 19.1 Å². The minimum Gasteiger partial charge on any atom is -0.329 e. The van der Waals surface area contributed by atoms with Gasteiger partial charge in [-0.25, -0.2) is 0 Å². The second kappa shape index (κ2) is 6.85. The van der Waals surface area contributed by atoms with Crippen LogP contribution in [0.2, 0.25) is 0 Å². The van der Waals surface area contributed by atoms with Crippen molar-refractivity contribution in [1.82, 2.24) is 4.90 Å². The predicted octanol–water partition coefficient (Wildman–Crippen LogP) is 3.31. The zero-order valence-corrected chi connectivity index (χ0v) is 12.4. The predicted molar refractivity (Wildman–Crippen MR) is 83.5 cm³/mol. The van der Waals surface area contributed by atoms with Gasteiger partial charge in [-0.15, -0.1) is 0 Å². The molecule has 0 aliphatic heterocycles. The largest absolute Gasteiger partial charge is 0.329 e. The van der Waals surface area contributed by atoms with Crippen LogP contribution in [-0.2, 0) is 6.54 Å². The first-order valence-corrected chi connectivity index (χ1v) is 7.63. The highest BCUT2D eigenvalue weighted by atomic mass is 32.1. The average Bonchev–Trinajstić information content (AvgIpc) is 2.93. The van der Waals surface area contributed by atoms with Crippen LogP contribution < -0.4 is 5.73 Å². The molecule has 0 aliphatic carbocycles. The summed E-state index contributed by atoms with van der Waals surface area (Å²) in [5.41, 5.74) is 8.73. The van der Waals surface area contributed by atoms with Crippen LogP contribution in [0.1, 0.15) is 24.0 Å². The summed E-state index contributed by atoms with van der Waals surface area (Å²) in [6.45, 7) is 3.90. The smallest absolute Gasteiger partial charge is 0.0284 e. The Kier molecular flexibility index (Phi) is 5.14. The van der Waals surface area contributed by atoms with E-state index in [0.717, 1.165) is 6.54 Å². The van der Waals surface area contributed by atoms with Crippen LogP contribution >= 0.6 is 11.3 Å². The van der Waals surface area contributed by atoms with Gasteiger partial charge in [0.1, 0.15) is 0 Å². The summed E-state index contributed by atoms with van der Waals surface area (Å²) in [4.78, 5) is 2.36. The van der Waals surface area contributed by atoms with E-state index in [9.17, 15) is 0 Å². The van der Waals surface area contributed by atoms with Gasteiger partial charge in [-0.1, -0.05) is 37.3 Å². The van der Waals surface area contributed by atoms with E-state index in [2.05, 4.69) is 66.0 Å². The van der Waals surface area contributed by atoms with Gasteiger partial charge in [0.2, 0.25) is 0 Å². The topological polar surface area (TPSA) is 29.3 Å². The molecule has 19 heavy (non-hydrogen) atoms. The molecule has 2 aromatic rings. The highest BCUT2D eigenvalue weighted by molar-refractivity contribution is 7.07. The lowest BCUT2D eigenvalue weighted by Crippen LogP contribution is -2.41. The Morgan fingerprint density at radius 1 is 1.21 bits per heavy atom. The first-order valence-electron chi connectivity index (χ1n) is 6.68. The summed E-state index contributed by atoms with van der Waals surface area (Å²) < 4.78 is 0. The van der Waals surface area contributed by atoms with Crippen LogP contribution in [0.25, 0.3) is 0 Å². The van der Waals surface area contributed by atoms with Crippen molar-refractivity contribution in [2.24, 2.45) is 5.73 Å². The molecule has 0 bridgehead atoms. The second-order valence-corrected chi connectivity index (χ2v) is 5.83. The lowest BCUT2D eigenvalue weighted by atomic mass is 9.92. The maximum absolute atomic E-state index is 6.00. The molecular weight excluding hydrogens is 252 g/mol. The van der Waals surface area contributed by atoms with Crippen molar-refractivity contribution in [2.45, 2.75) is 25.4 Å². The molecule has 2 rings (SSSR count). The fraction of sp³-hybridized carbons (Fsp3) is 0.375. The summed E-state index contributed by atoms with van der Waals surface area (Å²) in [6, 6.07) is 13.2. The third-order valence-corrected chi connectivity index (χ3v) is 4.45. The van der Waals surface area contributed by atoms with Gasteiger partial charge in [-0.05, 0) is 40.9 Å². The molecule has 102 valence electrons. The first-order chi connectivity index (χ1) is 9.22. The number of thiophene rings is 1. The Morgan fingerprint density at radius 2 is 1.95 bits per heavy atom. The van der Waals surface area contributed by atoms with Crippen molar-refractivity contribution in [3.63, 3.8) is 0 Å². The molecule has 1 aromatic heterocycles. The third-order valence-electron chi connectivity index (χ3n) is 3.72. The number of nitrogens with zero attached hydrogens (tertiary/aromatic N) is 1. The first kappa shape index (κ1) is 14.3. The third kappa shape index (κ3) is 3.66. The SMILES string of the molecule is CC(c1ccccc1)C(CN)N(C)Cc1ccsc1. The Bertz CT molecular complexity index is 467. The van der Waals surface area contributed by atoms with Crippen molar-refractivity contribution in [1.29, 1.82) is 0 Å². The Balaban J connectivity index is 2.06. The van der Waals surface area contributed by atoms with Gasteiger partial charge in [0.25, 0.3) is 0 Å². The lowest BCUT2D eigenvalue weighted by Gasteiger charge is -2.32. The molecule has 3 heteroatoms. The van der Waals surface area contributed by atoms with Crippen LogP contribution in [0.5, 0.6) is 0 Å². The summed E-state index contributed by atoms with van der Waals surface area (Å²) >= 11 is 1.75. The average molecular weight is 274 g/mol. The van der Waals surface area contributed by atoms with Gasteiger partial charge in [0.05, 0.1) is 0 Å². The standard InChI is InChI=1S/C16H22N2S/c1-13(15-6-4-3-5-7-15)16(10-17)18(2)11-14-8-9-19-12-14/h3-9,12-13,16H,10-11,17H2,1-2H3. The van der Waals surface area contributed by atoms with E-state index in [1.54, 1.807) is 11.3 Å². The van der Waals surface area contributed by atoms with Gasteiger partial charge in [-0.3, -0.25) is 4.90 Å². The summed E-state index contributed by atoms with van der Waals surface area (Å²) in [6.07, 6.45) is 0. The van der Waals surface area contributed by atoms with Gasteiger partial charge in [0.15, 0.2) is 0 Å². The van der Waals surface area contributed by atoms with E-state index in [1.165, 1.54) is 11.1 Å². The number of hydrogen-bond acceptors (Lipinski definition) is 3. The van der Waals surface area contributed by atoms with E-state index in [1.807, 2.05) is 0 Å². The quantitative estimate of drug-likeness (QED) is 0.875. The molecule has 0 spiro atoms. The molecule has 1 heterocycles. The van der Waals surface area contributed by atoms with Crippen molar-refractivity contribution < 1.29 is 0 Å². The number of rotatable bonds is 6. The monoisotopic (exact) mass is 274 g/mol. The van der Waals surface area contributed by atoms with E-state index in [0.29, 0.717) is 18.5 Å². The number of likely N-dealkylation sites (N-methyl/N-ethyl adjacent to an activating group) is 1. The van der Waals surface area contributed by atoms with Crippen molar-refractivity contribution >= 4 is 11.3 Å².